The summed E-state index contributed by atoms with van der Waals surface area (Å²) in [7, 11) is 0. The van der Waals surface area contributed by atoms with Crippen molar-refractivity contribution in [1.29, 1.82) is 0 Å². The molecule has 0 saturated heterocycles. The number of halogens is 1. The average molecular weight is 314 g/mol. The van der Waals surface area contributed by atoms with Crippen molar-refractivity contribution >= 4 is 11.6 Å². The average Bonchev–Trinajstić information content (AvgIpc) is 3.29. The van der Waals surface area contributed by atoms with E-state index in [1.165, 1.54) is 12.8 Å². The molecule has 21 heavy (non-hydrogen) atoms. The molecule has 0 aromatic heterocycles. The van der Waals surface area contributed by atoms with Gasteiger partial charge in [0.2, 0.25) is 0 Å². The molecule has 118 valence electrons. The Morgan fingerprint density at radius 3 is 2.90 bits per heavy atom. The molecule has 5 heteroatoms. The van der Waals surface area contributed by atoms with E-state index in [1.807, 2.05) is 12.1 Å². The first-order valence-electron chi connectivity index (χ1n) is 7.59. The zero-order chi connectivity index (χ0) is 14.9. The summed E-state index contributed by atoms with van der Waals surface area (Å²) in [6.07, 6.45) is 3.07. The Hall–Kier alpha value is -0.810. The minimum atomic E-state index is -0.548. The van der Waals surface area contributed by atoms with E-state index in [0.29, 0.717) is 17.3 Å². The van der Waals surface area contributed by atoms with Crippen LogP contribution in [0.4, 0.5) is 0 Å². The van der Waals surface area contributed by atoms with Crippen molar-refractivity contribution in [1.82, 2.24) is 5.32 Å². The third kappa shape index (κ3) is 7.14. The van der Waals surface area contributed by atoms with E-state index in [1.54, 1.807) is 12.1 Å². The van der Waals surface area contributed by atoms with Crippen LogP contribution in [-0.2, 0) is 4.74 Å². The van der Waals surface area contributed by atoms with Crippen LogP contribution in [0.15, 0.2) is 24.3 Å². The Morgan fingerprint density at radius 2 is 2.14 bits per heavy atom. The van der Waals surface area contributed by atoms with Gasteiger partial charge in [0, 0.05) is 19.8 Å². The van der Waals surface area contributed by atoms with Crippen LogP contribution in [0.5, 0.6) is 5.75 Å². The highest BCUT2D eigenvalue weighted by atomic mass is 35.5. The van der Waals surface area contributed by atoms with E-state index in [4.69, 9.17) is 21.1 Å². The molecule has 2 rings (SSSR count). The lowest BCUT2D eigenvalue weighted by molar-refractivity contribution is 0.102. The van der Waals surface area contributed by atoms with Crippen molar-refractivity contribution in [2.75, 3.05) is 32.9 Å². The minimum absolute atomic E-state index is 0.231. The molecule has 1 aromatic rings. The Kier molecular flexibility index (Phi) is 7.30. The molecular formula is C16H24ClNO3. The Balaban J connectivity index is 1.45. The zero-order valence-corrected chi connectivity index (χ0v) is 13.0. The van der Waals surface area contributed by atoms with Crippen LogP contribution in [0.3, 0.4) is 0 Å². The van der Waals surface area contributed by atoms with E-state index < -0.39 is 6.10 Å². The molecule has 0 aliphatic heterocycles. The van der Waals surface area contributed by atoms with E-state index in [9.17, 15) is 5.11 Å². The molecule has 2 N–H and O–H groups in total. The van der Waals surface area contributed by atoms with Crippen LogP contribution >= 0.6 is 11.6 Å². The number of aliphatic hydroxyl groups is 1. The van der Waals surface area contributed by atoms with Gasteiger partial charge >= 0.3 is 0 Å². The fraction of sp³-hybridized carbons (Fsp3) is 0.625. The van der Waals surface area contributed by atoms with Crippen LogP contribution in [-0.4, -0.2) is 44.1 Å². The number of rotatable bonds is 11. The maximum Gasteiger partial charge on any atom is 0.138 e. The highest BCUT2D eigenvalue weighted by Gasteiger charge is 2.20. The van der Waals surface area contributed by atoms with Gasteiger partial charge in [0.15, 0.2) is 0 Å². The standard InChI is InChI=1S/C16H24ClNO3/c17-15-4-1-2-5-16(15)21-12-14(19)10-18-8-3-9-20-11-13-6-7-13/h1-2,4-5,13-14,18-19H,3,6-12H2. The number of hydrogen-bond donors (Lipinski definition) is 2. The van der Waals surface area contributed by atoms with Gasteiger partial charge in [-0.15, -0.1) is 0 Å². The van der Waals surface area contributed by atoms with Gasteiger partial charge in [0.25, 0.3) is 0 Å². The Morgan fingerprint density at radius 1 is 1.33 bits per heavy atom. The SMILES string of the molecule is OC(CNCCCOCC1CC1)COc1ccccc1Cl. The van der Waals surface area contributed by atoms with Crippen molar-refractivity contribution in [3.63, 3.8) is 0 Å². The fourth-order valence-electron chi connectivity index (χ4n) is 1.91. The summed E-state index contributed by atoms with van der Waals surface area (Å²) in [6.45, 7) is 3.28. The maximum absolute atomic E-state index is 9.82. The summed E-state index contributed by atoms with van der Waals surface area (Å²) >= 11 is 5.97. The molecule has 1 atom stereocenters. The van der Waals surface area contributed by atoms with Crippen molar-refractivity contribution in [2.45, 2.75) is 25.4 Å². The van der Waals surface area contributed by atoms with E-state index in [-0.39, 0.29) is 6.61 Å². The first-order valence-corrected chi connectivity index (χ1v) is 7.97. The number of benzene rings is 1. The summed E-state index contributed by atoms with van der Waals surface area (Å²) in [5.41, 5.74) is 0. The van der Waals surface area contributed by atoms with Crippen LogP contribution in [0.25, 0.3) is 0 Å². The maximum atomic E-state index is 9.82. The van der Waals surface area contributed by atoms with Crippen LogP contribution in [0, 0.1) is 5.92 Å². The molecule has 0 spiro atoms. The van der Waals surface area contributed by atoms with Gasteiger partial charge in [0.05, 0.1) is 5.02 Å². The van der Waals surface area contributed by atoms with Crippen molar-refractivity contribution in [2.24, 2.45) is 5.92 Å². The lowest BCUT2D eigenvalue weighted by atomic mass is 10.3. The predicted octanol–water partition coefficient (Wildman–Crippen LogP) is 2.49. The Bertz CT molecular complexity index is 412. The lowest BCUT2D eigenvalue weighted by Crippen LogP contribution is -2.32. The van der Waals surface area contributed by atoms with Gasteiger partial charge < -0.3 is 19.9 Å². The lowest BCUT2D eigenvalue weighted by Gasteiger charge is -2.14. The monoisotopic (exact) mass is 313 g/mol. The fourth-order valence-corrected chi connectivity index (χ4v) is 2.10. The van der Waals surface area contributed by atoms with E-state index in [0.717, 1.165) is 32.1 Å². The molecule has 1 fully saturated rings. The number of hydrogen-bond acceptors (Lipinski definition) is 4. The van der Waals surface area contributed by atoms with Gasteiger partial charge in [-0.25, -0.2) is 0 Å². The van der Waals surface area contributed by atoms with Gasteiger partial charge in [-0.3, -0.25) is 0 Å². The zero-order valence-electron chi connectivity index (χ0n) is 12.3. The van der Waals surface area contributed by atoms with Gasteiger partial charge in [-0.05, 0) is 43.9 Å². The molecule has 1 aliphatic carbocycles. The second-order valence-electron chi connectivity index (χ2n) is 5.47. The largest absolute Gasteiger partial charge is 0.489 e. The third-order valence-corrected chi connectivity index (χ3v) is 3.65. The first-order chi connectivity index (χ1) is 10.3. The molecule has 1 saturated carbocycles. The molecule has 1 unspecified atom stereocenters. The molecule has 0 bridgehead atoms. The minimum Gasteiger partial charge on any atom is -0.489 e. The summed E-state index contributed by atoms with van der Waals surface area (Å²) in [4.78, 5) is 0. The number of para-hydroxylation sites is 1. The van der Waals surface area contributed by atoms with E-state index in [2.05, 4.69) is 5.32 Å². The topological polar surface area (TPSA) is 50.7 Å². The molecule has 4 nitrogen and oxygen atoms in total. The van der Waals surface area contributed by atoms with Crippen LogP contribution in [0.1, 0.15) is 19.3 Å². The molecule has 0 amide bonds. The molecule has 1 aromatic carbocycles. The van der Waals surface area contributed by atoms with Crippen molar-refractivity contribution in [3.8, 4) is 5.75 Å². The number of aliphatic hydroxyl groups excluding tert-OH is 1. The quantitative estimate of drug-likeness (QED) is 0.616. The summed E-state index contributed by atoms with van der Waals surface area (Å²) in [5.74, 6) is 1.42. The second kappa shape index (κ2) is 9.26. The molecule has 0 heterocycles. The Labute approximate surface area is 131 Å². The molecule has 0 radical (unpaired) electrons. The highest BCUT2D eigenvalue weighted by Crippen LogP contribution is 2.28. The van der Waals surface area contributed by atoms with E-state index >= 15 is 0 Å². The second-order valence-corrected chi connectivity index (χ2v) is 5.88. The predicted molar refractivity (Wildman–Crippen MR) is 84.0 cm³/mol. The highest BCUT2D eigenvalue weighted by molar-refractivity contribution is 6.32. The third-order valence-electron chi connectivity index (χ3n) is 3.34. The van der Waals surface area contributed by atoms with Gasteiger partial charge in [-0.2, -0.15) is 0 Å². The van der Waals surface area contributed by atoms with Gasteiger partial charge in [0.1, 0.15) is 18.5 Å². The molecular weight excluding hydrogens is 290 g/mol. The van der Waals surface area contributed by atoms with Crippen molar-refractivity contribution in [3.05, 3.63) is 29.3 Å². The van der Waals surface area contributed by atoms with Crippen molar-refractivity contribution < 1.29 is 14.6 Å². The first kappa shape index (κ1) is 16.6. The molecule has 1 aliphatic rings. The number of nitrogens with one attached hydrogen (secondary N) is 1. The van der Waals surface area contributed by atoms with Gasteiger partial charge in [-0.1, -0.05) is 23.7 Å². The van der Waals surface area contributed by atoms with Crippen LogP contribution in [0.2, 0.25) is 5.02 Å². The van der Waals surface area contributed by atoms with Crippen LogP contribution < -0.4 is 10.1 Å². The normalized spacial score (nSPS) is 15.9. The summed E-state index contributed by atoms with van der Waals surface area (Å²) < 4.78 is 11.0. The summed E-state index contributed by atoms with van der Waals surface area (Å²) in [6, 6.07) is 7.26. The summed E-state index contributed by atoms with van der Waals surface area (Å²) in [5, 5.41) is 13.6. The number of ether oxygens (including phenoxy) is 2. The smallest absolute Gasteiger partial charge is 0.138 e.